The van der Waals surface area contributed by atoms with E-state index in [2.05, 4.69) is 12.1 Å². The Balaban J connectivity index is 1.24. The van der Waals surface area contributed by atoms with Crippen molar-refractivity contribution in [2.75, 3.05) is 39.4 Å². The highest BCUT2D eigenvalue weighted by Gasteiger charge is 2.42. The lowest BCUT2D eigenvalue weighted by molar-refractivity contribution is -0.917. The summed E-state index contributed by atoms with van der Waals surface area (Å²) >= 11 is 0. The molecule has 3 aromatic rings. The molecule has 1 N–H and O–H groups in total. The topological polar surface area (TPSA) is 80.6 Å². The summed E-state index contributed by atoms with van der Waals surface area (Å²) in [5, 5.41) is 0. The van der Waals surface area contributed by atoms with Gasteiger partial charge in [-0.15, -0.1) is 0 Å². The van der Waals surface area contributed by atoms with Gasteiger partial charge >= 0.3 is 0 Å². The third-order valence-corrected chi connectivity index (χ3v) is 9.54. The Hall–Kier alpha value is -3.40. The number of hydrogen-bond acceptors (Lipinski definition) is 5. The van der Waals surface area contributed by atoms with E-state index in [9.17, 15) is 13.2 Å². The minimum atomic E-state index is -3.98. The molecule has 8 nitrogen and oxygen atoms in total. The van der Waals surface area contributed by atoms with Crippen molar-refractivity contribution in [3.05, 3.63) is 89.5 Å². The predicted molar refractivity (Wildman–Crippen MR) is 142 cm³/mol. The van der Waals surface area contributed by atoms with E-state index >= 15 is 0 Å². The fourth-order valence-electron chi connectivity index (χ4n) is 5.60. The van der Waals surface area contributed by atoms with Crippen LogP contribution in [0.1, 0.15) is 16.7 Å². The zero-order chi connectivity index (χ0) is 26.1. The van der Waals surface area contributed by atoms with Gasteiger partial charge in [-0.25, -0.2) is 8.42 Å². The van der Waals surface area contributed by atoms with Crippen LogP contribution in [0.15, 0.2) is 77.7 Å². The van der Waals surface area contributed by atoms with E-state index in [1.807, 2.05) is 47.4 Å². The zero-order valence-corrected chi connectivity index (χ0v) is 22.0. The standard InChI is InChI=1S/C29H31N3O5S/c33-29(31-14-12-30(13-15-31)20-22-6-2-1-3-7-22)26-18-23-8-4-5-9-24(23)21-32(26)38(34,35)25-10-11-27-28(19-25)37-17-16-36-27/h1-11,19,26H,12-18,20-21H2/p+1/t26-/m0/s1. The Kier molecular flexibility index (Phi) is 6.82. The van der Waals surface area contributed by atoms with Crippen molar-refractivity contribution in [2.24, 2.45) is 0 Å². The number of carbonyl (C=O) groups is 1. The number of rotatable bonds is 5. The maximum Gasteiger partial charge on any atom is 0.244 e. The van der Waals surface area contributed by atoms with Gasteiger partial charge in [0.05, 0.1) is 31.1 Å². The van der Waals surface area contributed by atoms with Crippen molar-refractivity contribution in [2.45, 2.75) is 30.4 Å². The maximum atomic E-state index is 14.0. The summed E-state index contributed by atoms with van der Waals surface area (Å²) in [6.07, 6.45) is 0.357. The van der Waals surface area contributed by atoms with E-state index in [0.717, 1.165) is 30.8 Å². The number of nitrogens with zero attached hydrogens (tertiary/aromatic N) is 2. The van der Waals surface area contributed by atoms with Crippen LogP contribution in [-0.4, -0.2) is 69.0 Å². The van der Waals surface area contributed by atoms with Crippen molar-refractivity contribution >= 4 is 15.9 Å². The van der Waals surface area contributed by atoms with Gasteiger partial charge in [0.25, 0.3) is 0 Å². The fraction of sp³-hybridized carbons (Fsp3) is 0.345. The lowest BCUT2D eigenvalue weighted by Crippen LogP contribution is -3.13. The van der Waals surface area contributed by atoms with E-state index in [4.69, 9.17) is 9.47 Å². The summed E-state index contributed by atoms with van der Waals surface area (Å²) < 4.78 is 40.6. The highest BCUT2D eigenvalue weighted by atomic mass is 32.2. The fourth-order valence-corrected chi connectivity index (χ4v) is 7.17. The Morgan fingerprint density at radius 2 is 1.55 bits per heavy atom. The summed E-state index contributed by atoms with van der Waals surface area (Å²) in [6.45, 7) is 4.75. The summed E-state index contributed by atoms with van der Waals surface area (Å²) in [5.41, 5.74) is 3.23. The second-order valence-corrected chi connectivity index (χ2v) is 12.0. The third kappa shape index (κ3) is 4.89. The van der Waals surface area contributed by atoms with Crippen LogP contribution in [-0.2, 0) is 34.3 Å². The minimum absolute atomic E-state index is 0.107. The molecule has 0 aromatic heterocycles. The Morgan fingerprint density at radius 1 is 0.868 bits per heavy atom. The van der Waals surface area contributed by atoms with Crippen LogP contribution < -0.4 is 14.4 Å². The number of carbonyl (C=O) groups excluding carboxylic acids is 1. The summed E-state index contributed by atoms with van der Waals surface area (Å²) in [7, 11) is -3.98. The molecule has 3 heterocycles. The van der Waals surface area contributed by atoms with Crippen LogP contribution in [0.25, 0.3) is 0 Å². The average molecular weight is 535 g/mol. The van der Waals surface area contributed by atoms with Crippen LogP contribution >= 0.6 is 0 Å². The number of nitrogens with one attached hydrogen (secondary N) is 1. The minimum Gasteiger partial charge on any atom is -0.486 e. The number of piperazine rings is 1. The summed E-state index contributed by atoms with van der Waals surface area (Å²) in [6, 6.07) is 22.0. The van der Waals surface area contributed by atoms with Gasteiger partial charge in [-0.05, 0) is 29.7 Å². The molecule has 0 aliphatic carbocycles. The van der Waals surface area contributed by atoms with E-state index in [0.29, 0.717) is 44.2 Å². The Morgan fingerprint density at radius 3 is 2.32 bits per heavy atom. The summed E-state index contributed by atoms with van der Waals surface area (Å²) in [4.78, 5) is 17.3. The predicted octanol–water partition coefficient (Wildman–Crippen LogP) is 1.50. The van der Waals surface area contributed by atoms with Crippen molar-refractivity contribution in [1.29, 1.82) is 0 Å². The van der Waals surface area contributed by atoms with Gasteiger partial charge in [-0.3, -0.25) is 4.79 Å². The van der Waals surface area contributed by atoms with E-state index < -0.39 is 16.1 Å². The first-order valence-corrected chi connectivity index (χ1v) is 14.6. The molecule has 1 atom stereocenters. The van der Waals surface area contributed by atoms with Gasteiger partial charge in [0, 0.05) is 18.2 Å². The monoisotopic (exact) mass is 534 g/mol. The van der Waals surface area contributed by atoms with Gasteiger partial charge < -0.3 is 19.3 Å². The molecule has 1 amide bonds. The molecule has 198 valence electrons. The maximum absolute atomic E-state index is 14.0. The quantitative estimate of drug-likeness (QED) is 0.537. The molecule has 9 heteroatoms. The van der Waals surface area contributed by atoms with Gasteiger partial charge in [-0.2, -0.15) is 4.31 Å². The molecule has 1 saturated heterocycles. The van der Waals surface area contributed by atoms with Crippen molar-refractivity contribution in [1.82, 2.24) is 9.21 Å². The molecule has 0 saturated carbocycles. The lowest BCUT2D eigenvalue weighted by atomic mass is 9.95. The van der Waals surface area contributed by atoms with Crippen molar-refractivity contribution in [3.63, 3.8) is 0 Å². The number of hydrogen-bond donors (Lipinski definition) is 1. The Bertz CT molecular complexity index is 1420. The number of benzene rings is 3. The van der Waals surface area contributed by atoms with Crippen LogP contribution in [0.3, 0.4) is 0 Å². The van der Waals surface area contributed by atoms with E-state index in [1.54, 1.807) is 6.07 Å². The number of quaternary nitrogens is 1. The number of sulfonamides is 1. The average Bonchev–Trinajstić information content (AvgIpc) is 2.97. The largest absolute Gasteiger partial charge is 0.486 e. The van der Waals surface area contributed by atoms with Crippen molar-refractivity contribution < 1.29 is 27.6 Å². The molecule has 3 aliphatic rings. The van der Waals surface area contributed by atoms with Gasteiger partial charge in [0.1, 0.15) is 25.8 Å². The first-order chi connectivity index (χ1) is 18.5. The van der Waals surface area contributed by atoms with E-state index in [1.165, 1.54) is 26.9 Å². The van der Waals surface area contributed by atoms with Crippen LogP contribution in [0.4, 0.5) is 0 Å². The number of fused-ring (bicyclic) bond motifs is 2. The zero-order valence-electron chi connectivity index (χ0n) is 21.2. The molecule has 0 unspecified atom stereocenters. The molecule has 3 aliphatic heterocycles. The smallest absolute Gasteiger partial charge is 0.244 e. The summed E-state index contributed by atoms with van der Waals surface area (Å²) in [5.74, 6) is 0.817. The van der Waals surface area contributed by atoms with Gasteiger partial charge in [0.2, 0.25) is 15.9 Å². The molecular formula is C29H32N3O5S+. The van der Waals surface area contributed by atoms with Crippen LogP contribution in [0.2, 0.25) is 0 Å². The molecule has 3 aromatic carbocycles. The first kappa shape index (κ1) is 24.9. The highest BCUT2D eigenvalue weighted by molar-refractivity contribution is 7.89. The lowest BCUT2D eigenvalue weighted by Gasteiger charge is -2.39. The van der Waals surface area contributed by atoms with Crippen LogP contribution in [0, 0.1) is 0 Å². The van der Waals surface area contributed by atoms with Crippen molar-refractivity contribution in [3.8, 4) is 11.5 Å². The molecule has 1 fully saturated rings. The first-order valence-electron chi connectivity index (χ1n) is 13.1. The number of ether oxygens (including phenoxy) is 2. The molecular weight excluding hydrogens is 502 g/mol. The van der Waals surface area contributed by atoms with Gasteiger partial charge in [-0.1, -0.05) is 54.6 Å². The molecule has 6 rings (SSSR count). The SMILES string of the molecule is O=C([C@@H]1Cc2ccccc2CN1S(=O)(=O)c1ccc2c(c1)OCCO2)N1CC[NH+](Cc2ccccc2)CC1. The Labute approximate surface area is 223 Å². The second kappa shape index (κ2) is 10.4. The normalized spacial score (nSPS) is 20.1. The molecule has 0 radical (unpaired) electrons. The van der Waals surface area contributed by atoms with E-state index in [-0.39, 0.29) is 17.3 Å². The third-order valence-electron chi connectivity index (χ3n) is 7.69. The molecule has 38 heavy (non-hydrogen) atoms. The molecule has 0 bridgehead atoms. The van der Waals surface area contributed by atoms with Gasteiger partial charge in [0.15, 0.2) is 11.5 Å². The second-order valence-electron chi connectivity index (χ2n) is 10.1. The number of amides is 1. The van der Waals surface area contributed by atoms with Crippen LogP contribution in [0.5, 0.6) is 11.5 Å². The highest BCUT2D eigenvalue weighted by Crippen LogP contribution is 2.35. The molecule has 0 spiro atoms.